The number of rotatable bonds is 4. The van der Waals surface area contributed by atoms with E-state index in [2.05, 4.69) is 20.9 Å². The molecule has 1 N–H and O–H groups in total. The van der Waals surface area contributed by atoms with Crippen molar-refractivity contribution in [3.63, 3.8) is 0 Å². The molecule has 0 bridgehead atoms. The van der Waals surface area contributed by atoms with E-state index >= 15 is 0 Å². The lowest BCUT2D eigenvalue weighted by Crippen LogP contribution is -2.13. The van der Waals surface area contributed by atoms with E-state index < -0.39 is 5.97 Å². The van der Waals surface area contributed by atoms with Crippen LogP contribution in [0.25, 0.3) is 10.9 Å². The fourth-order valence-electron chi connectivity index (χ4n) is 1.98. The second-order valence-corrected chi connectivity index (χ2v) is 6.81. The molecule has 0 amide bonds. The number of Topliss-reactive ketones (excluding diaryl/α,β-unsaturated/α-hetero) is 1. The highest BCUT2D eigenvalue weighted by atomic mass is 79.9. The number of H-pyrrole nitrogens is 1. The molecule has 0 radical (unpaired) electrons. The maximum atomic E-state index is 12.1. The lowest BCUT2D eigenvalue weighted by Gasteiger charge is -2.02. The summed E-state index contributed by atoms with van der Waals surface area (Å²) in [5, 5.41) is 0.786. The first-order chi connectivity index (χ1) is 10.1. The van der Waals surface area contributed by atoms with Crippen molar-refractivity contribution < 1.29 is 14.3 Å². The van der Waals surface area contributed by atoms with E-state index in [4.69, 9.17) is 4.74 Å². The zero-order valence-electron chi connectivity index (χ0n) is 10.8. The van der Waals surface area contributed by atoms with Crippen molar-refractivity contribution in [2.45, 2.75) is 0 Å². The number of hydrogen-bond acceptors (Lipinski definition) is 4. The van der Waals surface area contributed by atoms with Crippen molar-refractivity contribution >= 4 is 49.9 Å². The van der Waals surface area contributed by atoms with E-state index in [1.165, 1.54) is 11.3 Å². The summed E-state index contributed by atoms with van der Waals surface area (Å²) < 4.78 is 5.97. The highest BCUT2D eigenvalue weighted by Gasteiger charge is 2.16. The molecule has 4 nitrogen and oxygen atoms in total. The summed E-state index contributed by atoms with van der Waals surface area (Å²) in [5.41, 5.74) is 1.30. The largest absolute Gasteiger partial charge is 0.454 e. The highest BCUT2D eigenvalue weighted by molar-refractivity contribution is 9.11. The monoisotopic (exact) mass is 363 g/mol. The first kappa shape index (κ1) is 14.0. The normalized spacial score (nSPS) is 10.7. The number of esters is 1. The molecule has 0 aliphatic rings. The molecule has 0 saturated carbocycles. The van der Waals surface area contributed by atoms with Gasteiger partial charge in [-0.25, -0.2) is 4.79 Å². The van der Waals surface area contributed by atoms with Crippen LogP contribution in [-0.4, -0.2) is 23.3 Å². The van der Waals surface area contributed by atoms with Crippen molar-refractivity contribution in [3.8, 4) is 0 Å². The molecular formula is C15H10BrNO3S. The molecule has 2 aromatic heterocycles. The summed E-state index contributed by atoms with van der Waals surface area (Å²) in [6, 6.07) is 10.9. The number of ketones is 1. The van der Waals surface area contributed by atoms with Crippen LogP contribution in [0.2, 0.25) is 0 Å². The van der Waals surface area contributed by atoms with E-state index in [1.807, 2.05) is 24.3 Å². The molecule has 3 aromatic rings. The van der Waals surface area contributed by atoms with Gasteiger partial charge in [-0.15, -0.1) is 11.3 Å². The summed E-state index contributed by atoms with van der Waals surface area (Å²) >= 11 is 4.61. The maximum Gasteiger partial charge on any atom is 0.340 e. The fourth-order valence-corrected chi connectivity index (χ4v) is 3.29. The van der Waals surface area contributed by atoms with Gasteiger partial charge in [0.05, 0.1) is 14.2 Å². The van der Waals surface area contributed by atoms with Crippen LogP contribution in [0.4, 0.5) is 0 Å². The summed E-state index contributed by atoms with van der Waals surface area (Å²) in [7, 11) is 0. The zero-order valence-corrected chi connectivity index (χ0v) is 13.2. The molecule has 2 heterocycles. The SMILES string of the molecule is O=C(COC(=O)c1c[nH]c2ccccc12)c1ccc(Br)s1. The smallest absolute Gasteiger partial charge is 0.340 e. The second kappa shape index (κ2) is 5.83. The van der Waals surface area contributed by atoms with Crippen LogP contribution >= 0.6 is 27.3 Å². The van der Waals surface area contributed by atoms with Crippen LogP contribution in [-0.2, 0) is 4.74 Å². The first-order valence-electron chi connectivity index (χ1n) is 6.17. The number of fused-ring (bicyclic) bond motifs is 1. The predicted molar refractivity (Wildman–Crippen MR) is 84.9 cm³/mol. The Labute approximate surface area is 132 Å². The number of ether oxygens (including phenoxy) is 1. The molecule has 21 heavy (non-hydrogen) atoms. The van der Waals surface area contributed by atoms with Crippen LogP contribution in [0.5, 0.6) is 0 Å². The van der Waals surface area contributed by atoms with E-state index in [0.717, 1.165) is 14.7 Å². The van der Waals surface area contributed by atoms with Gasteiger partial charge in [0, 0.05) is 17.1 Å². The zero-order chi connectivity index (χ0) is 14.8. The summed E-state index contributed by atoms with van der Waals surface area (Å²) in [5.74, 6) is -0.713. The highest BCUT2D eigenvalue weighted by Crippen LogP contribution is 2.23. The molecule has 0 atom stereocenters. The van der Waals surface area contributed by atoms with Gasteiger partial charge in [0.15, 0.2) is 6.61 Å². The summed E-state index contributed by atoms with van der Waals surface area (Å²) in [4.78, 5) is 27.5. The Bertz CT molecular complexity index is 821. The van der Waals surface area contributed by atoms with E-state index in [-0.39, 0.29) is 12.4 Å². The van der Waals surface area contributed by atoms with Gasteiger partial charge < -0.3 is 9.72 Å². The molecule has 0 unspecified atom stereocenters. The average Bonchev–Trinajstić information content (AvgIpc) is 3.10. The number of aromatic nitrogens is 1. The van der Waals surface area contributed by atoms with Gasteiger partial charge in [-0.2, -0.15) is 0 Å². The van der Waals surface area contributed by atoms with E-state index in [1.54, 1.807) is 18.3 Å². The third-order valence-corrected chi connectivity index (χ3v) is 4.66. The Balaban J connectivity index is 1.71. The number of carbonyl (C=O) groups excluding carboxylic acids is 2. The number of nitrogens with one attached hydrogen (secondary N) is 1. The van der Waals surface area contributed by atoms with E-state index in [0.29, 0.717) is 10.4 Å². The molecule has 0 aliphatic carbocycles. The van der Waals surface area contributed by atoms with Crippen LogP contribution in [0.1, 0.15) is 20.0 Å². The minimum Gasteiger partial charge on any atom is -0.454 e. The maximum absolute atomic E-state index is 12.1. The van der Waals surface area contributed by atoms with E-state index in [9.17, 15) is 9.59 Å². The molecule has 1 aromatic carbocycles. The van der Waals surface area contributed by atoms with Gasteiger partial charge in [0.25, 0.3) is 0 Å². The molecular weight excluding hydrogens is 354 g/mol. The number of hydrogen-bond donors (Lipinski definition) is 1. The van der Waals surface area contributed by atoms with Crippen molar-refractivity contribution in [2.24, 2.45) is 0 Å². The molecule has 3 rings (SSSR count). The van der Waals surface area contributed by atoms with Gasteiger partial charge in [-0.1, -0.05) is 18.2 Å². The van der Waals surface area contributed by atoms with Gasteiger partial charge >= 0.3 is 5.97 Å². The first-order valence-corrected chi connectivity index (χ1v) is 7.78. The van der Waals surface area contributed by atoms with Crippen LogP contribution < -0.4 is 0 Å². The molecule has 6 heteroatoms. The number of aromatic amines is 1. The number of benzene rings is 1. The second-order valence-electron chi connectivity index (χ2n) is 4.35. The molecule has 0 spiro atoms. The average molecular weight is 364 g/mol. The number of thiophene rings is 1. The Morgan fingerprint density at radius 1 is 1.19 bits per heavy atom. The summed E-state index contributed by atoms with van der Waals surface area (Å²) in [6.07, 6.45) is 1.60. The predicted octanol–water partition coefficient (Wildman–Crippen LogP) is 4.03. The molecule has 0 aliphatic heterocycles. The Morgan fingerprint density at radius 3 is 2.76 bits per heavy atom. The fraction of sp³-hybridized carbons (Fsp3) is 0.0667. The topological polar surface area (TPSA) is 59.2 Å². The van der Waals surface area contributed by atoms with Gasteiger partial charge in [-0.05, 0) is 34.1 Å². The molecule has 106 valence electrons. The van der Waals surface area contributed by atoms with Gasteiger partial charge in [0.1, 0.15) is 0 Å². The third kappa shape index (κ3) is 2.91. The van der Waals surface area contributed by atoms with Crippen LogP contribution in [0.15, 0.2) is 46.4 Å². The van der Waals surface area contributed by atoms with Crippen molar-refractivity contribution in [2.75, 3.05) is 6.61 Å². The lowest BCUT2D eigenvalue weighted by molar-refractivity contribution is 0.0478. The molecule has 0 fully saturated rings. The van der Waals surface area contributed by atoms with Crippen molar-refractivity contribution in [1.29, 1.82) is 0 Å². The van der Waals surface area contributed by atoms with Gasteiger partial charge in [-0.3, -0.25) is 4.79 Å². The van der Waals surface area contributed by atoms with Crippen molar-refractivity contribution in [1.82, 2.24) is 4.98 Å². The minimum atomic E-state index is -0.503. The lowest BCUT2D eigenvalue weighted by atomic mass is 10.2. The third-order valence-electron chi connectivity index (χ3n) is 2.99. The van der Waals surface area contributed by atoms with Crippen LogP contribution in [0.3, 0.4) is 0 Å². The van der Waals surface area contributed by atoms with Crippen LogP contribution in [0, 0.1) is 0 Å². The van der Waals surface area contributed by atoms with Gasteiger partial charge in [0.2, 0.25) is 5.78 Å². The molecule has 0 saturated heterocycles. The Kier molecular flexibility index (Phi) is 3.90. The number of halogens is 1. The number of carbonyl (C=O) groups is 2. The Morgan fingerprint density at radius 2 is 2.00 bits per heavy atom. The Hall–Kier alpha value is -1.92. The quantitative estimate of drug-likeness (QED) is 0.562. The summed E-state index contributed by atoms with van der Waals surface area (Å²) in [6.45, 7) is -0.259. The number of para-hydroxylation sites is 1. The standard InChI is InChI=1S/C15H10BrNO3S/c16-14-6-5-13(21-14)12(18)8-20-15(19)10-7-17-11-4-2-1-3-9(10)11/h1-7,17H,8H2. The minimum absolute atomic E-state index is 0.209. The van der Waals surface area contributed by atoms with Crippen molar-refractivity contribution in [3.05, 3.63) is 56.8 Å².